The third-order valence-electron chi connectivity index (χ3n) is 3.79. The maximum atomic E-state index is 11.0. The maximum absolute atomic E-state index is 11.0. The largest absolute Gasteiger partial charge is 0.481 e. The van der Waals surface area contributed by atoms with Gasteiger partial charge in [0.25, 0.3) is 0 Å². The highest BCUT2D eigenvalue weighted by Gasteiger charge is 2.20. The highest BCUT2D eigenvalue weighted by atomic mass is 16.4. The molecule has 19 heavy (non-hydrogen) atoms. The second kappa shape index (κ2) is 7.95. The highest BCUT2D eigenvalue weighted by Crippen LogP contribution is 2.21. The molecule has 0 spiro atoms. The van der Waals surface area contributed by atoms with Crippen molar-refractivity contribution < 1.29 is 9.90 Å². The molecule has 1 aromatic rings. The molecule has 2 atom stereocenters. The molecule has 0 aliphatic carbocycles. The highest BCUT2D eigenvalue weighted by molar-refractivity contribution is 5.70. The van der Waals surface area contributed by atoms with E-state index in [2.05, 4.69) is 38.1 Å². The molecule has 3 nitrogen and oxygen atoms in total. The lowest BCUT2D eigenvalue weighted by Gasteiger charge is -2.18. The van der Waals surface area contributed by atoms with E-state index in [-0.39, 0.29) is 6.54 Å². The molecule has 0 heterocycles. The van der Waals surface area contributed by atoms with E-state index in [1.54, 1.807) is 0 Å². The van der Waals surface area contributed by atoms with E-state index in [4.69, 9.17) is 10.8 Å². The van der Waals surface area contributed by atoms with Gasteiger partial charge in [-0.2, -0.15) is 0 Å². The molecule has 0 fully saturated rings. The molecule has 3 heteroatoms. The van der Waals surface area contributed by atoms with Crippen LogP contribution in [0.25, 0.3) is 0 Å². The number of carbonyl (C=O) groups is 1. The van der Waals surface area contributed by atoms with Gasteiger partial charge in [0.1, 0.15) is 0 Å². The number of aryl methyl sites for hydroxylation is 2. The number of carboxylic acid groups (broad SMARTS) is 1. The van der Waals surface area contributed by atoms with E-state index in [1.165, 1.54) is 11.1 Å². The first-order chi connectivity index (χ1) is 9.06. The predicted molar refractivity (Wildman–Crippen MR) is 78.1 cm³/mol. The van der Waals surface area contributed by atoms with E-state index >= 15 is 0 Å². The van der Waals surface area contributed by atoms with Crippen molar-refractivity contribution in [2.45, 2.75) is 39.5 Å². The van der Waals surface area contributed by atoms with Crippen LogP contribution in [0.2, 0.25) is 0 Å². The minimum Gasteiger partial charge on any atom is -0.481 e. The summed E-state index contributed by atoms with van der Waals surface area (Å²) in [5, 5.41) is 9.05. The van der Waals surface area contributed by atoms with Crippen LogP contribution >= 0.6 is 0 Å². The summed E-state index contributed by atoms with van der Waals surface area (Å²) in [6.45, 7) is 4.43. The molecule has 0 aliphatic heterocycles. The molecular formula is C16H25NO2. The number of benzene rings is 1. The quantitative estimate of drug-likeness (QED) is 0.758. The van der Waals surface area contributed by atoms with Crippen molar-refractivity contribution in [1.82, 2.24) is 0 Å². The number of hydrogen-bond donors (Lipinski definition) is 2. The Labute approximate surface area is 115 Å². The van der Waals surface area contributed by atoms with Crippen LogP contribution in [0.15, 0.2) is 24.3 Å². The topological polar surface area (TPSA) is 63.3 Å². The average Bonchev–Trinajstić information content (AvgIpc) is 2.40. The fourth-order valence-electron chi connectivity index (χ4n) is 2.31. The van der Waals surface area contributed by atoms with Crippen molar-refractivity contribution in [3.05, 3.63) is 35.4 Å². The Morgan fingerprint density at radius 3 is 2.42 bits per heavy atom. The first-order valence-electron chi connectivity index (χ1n) is 7.05. The Morgan fingerprint density at radius 2 is 1.95 bits per heavy atom. The van der Waals surface area contributed by atoms with Crippen LogP contribution in [0.4, 0.5) is 0 Å². The molecule has 1 aromatic carbocycles. The first kappa shape index (κ1) is 15.7. The van der Waals surface area contributed by atoms with Gasteiger partial charge in [-0.25, -0.2) is 0 Å². The van der Waals surface area contributed by atoms with Gasteiger partial charge < -0.3 is 10.8 Å². The minimum atomic E-state index is -0.767. The van der Waals surface area contributed by atoms with Gasteiger partial charge in [-0.3, -0.25) is 4.79 Å². The molecule has 1 rings (SSSR count). The SMILES string of the molecule is CCC(CCc1ccc(C)cc1)CC(CN)C(=O)O. The van der Waals surface area contributed by atoms with Crippen LogP contribution < -0.4 is 5.73 Å². The third kappa shape index (κ3) is 5.43. The van der Waals surface area contributed by atoms with Gasteiger partial charge in [-0.05, 0) is 37.7 Å². The minimum absolute atomic E-state index is 0.233. The zero-order valence-corrected chi connectivity index (χ0v) is 11.9. The lowest BCUT2D eigenvalue weighted by atomic mass is 9.88. The maximum Gasteiger partial charge on any atom is 0.307 e. The summed E-state index contributed by atoms with van der Waals surface area (Å²) in [7, 11) is 0. The fraction of sp³-hybridized carbons (Fsp3) is 0.562. The van der Waals surface area contributed by atoms with Crippen molar-refractivity contribution in [3.8, 4) is 0 Å². The number of nitrogens with two attached hydrogens (primary N) is 1. The molecule has 2 unspecified atom stereocenters. The smallest absolute Gasteiger partial charge is 0.307 e. The summed E-state index contributed by atoms with van der Waals surface area (Å²) < 4.78 is 0. The fourth-order valence-corrected chi connectivity index (χ4v) is 2.31. The van der Waals surface area contributed by atoms with Crippen molar-refractivity contribution in [2.75, 3.05) is 6.54 Å². The molecule has 106 valence electrons. The van der Waals surface area contributed by atoms with E-state index in [0.717, 1.165) is 19.3 Å². The van der Waals surface area contributed by atoms with Crippen molar-refractivity contribution in [2.24, 2.45) is 17.6 Å². The van der Waals surface area contributed by atoms with Crippen molar-refractivity contribution in [1.29, 1.82) is 0 Å². The lowest BCUT2D eigenvalue weighted by Crippen LogP contribution is -2.25. The van der Waals surface area contributed by atoms with Gasteiger partial charge in [0.2, 0.25) is 0 Å². The summed E-state index contributed by atoms with van der Waals surface area (Å²) in [5.74, 6) is -0.731. The summed E-state index contributed by atoms with van der Waals surface area (Å²) in [6.07, 6.45) is 3.74. The van der Waals surface area contributed by atoms with Gasteiger partial charge in [0.05, 0.1) is 5.92 Å². The second-order valence-corrected chi connectivity index (χ2v) is 5.31. The summed E-state index contributed by atoms with van der Waals surface area (Å²) in [4.78, 5) is 11.0. The van der Waals surface area contributed by atoms with E-state index in [0.29, 0.717) is 12.3 Å². The zero-order chi connectivity index (χ0) is 14.3. The summed E-state index contributed by atoms with van der Waals surface area (Å²) in [6, 6.07) is 8.55. The van der Waals surface area contributed by atoms with Crippen LogP contribution in [-0.4, -0.2) is 17.6 Å². The average molecular weight is 263 g/mol. The Morgan fingerprint density at radius 1 is 1.32 bits per heavy atom. The first-order valence-corrected chi connectivity index (χ1v) is 7.05. The summed E-state index contributed by atoms with van der Waals surface area (Å²) >= 11 is 0. The number of aliphatic carboxylic acids is 1. The molecule has 0 aromatic heterocycles. The molecule has 0 saturated heterocycles. The standard InChI is InChI=1S/C16H25NO2/c1-3-13(10-15(11-17)16(18)19)8-9-14-6-4-12(2)5-7-14/h4-7,13,15H,3,8-11,17H2,1-2H3,(H,18,19). The van der Waals surface area contributed by atoms with E-state index in [1.807, 2.05) is 0 Å². The monoisotopic (exact) mass is 263 g/mol. The van der Waals surface area contributed by atoms with Crippen LogP contribution in [0.3, 0.4) is 0 Å². The molecule has 0 aliphatic rings. The molecule has 3 N–H and O–H groups in total. The molecule has 0 amide bonds. The number of hydrogen-bond acceptors (Lipinski definition) is 2. The number of carboxylic acids is 1. The summed E-state index contributed by atoms with van der Waals surface area (Å²) in [5.41, 5.74) is 8.11. The van der Waals surface area contributed by atoms with Gasteiger partial charge in [-0.1, -0.05) is 43.2 Å². The van der Waals surface area contributed by atoms with Gasteiger partial charge in [-0.15, -0.1) is 0 Å². The van der Waals surface area contributed by atoms with Gasteiger partial charge in [0, 0.05) is 6.54 Å². The van der Waals surface area contributed by atoms with E-state index in [9.17, 15) is 4.79 Å². The van der Waals surface area contributed by atoms with Crippen LogP contribution in [0, 0.1) is 18.8 Å². The predicted octanol–water partition coefficient (Wildman–Crippen LogP) is 3.00. The Balaban J connectivity index is 2.48. The zero-order valence-electron chi connectivity index (χ0n) is 11.9. The number of rotatable bonds is 8. The Bertz CT molecular complexity index is 386. The molecule has 0 radical (unpaired) electrons. The van der Waals surface area contributed by atoms with Gasteiger partial charge in [0.15, 0.2) is 0 Å². The molecule has 0 saturated carbocycles. The van der Waals surface area contributed by atoms with Gasteiger partial charge >= 0.3 is 5.97 Å². The Hall–Kier alpha value is -1.35. The Kier molecular flexibility index (Phi) is 6.57. The second-order valence-electron chi connectivity index (χ2n) is 5.31. The molecule has 0 bridgehead atoms. The normalized spacial score (nSPS) is 14.1. The van der Waals surface area contributed by atoms with Crippen LogP contribution in [0.5, 0.6) is 0 Å². The van der Waals surface area contributed by atoms with Crippen molar-refractivity contribution >= 4 is 5.97 Å². The lowest BCUT2D eigenvalue weighted by molar-refractivity contribution is -0.142. The third-order valence-corrected chi connectivity index (χ3v) is 3.79. The molecular weight excluding hydrogens is 238 g/mol. The van der Waals surface area contributed by atoms with Crippen molar-refractivity contribution in [3.63, 3.8) is 0 Å². The van der Waals surface area contributed by atoms with E-state index < -0.39 is 11.9 Å². The van der Waals surface area contributed by atoms with Crippen LogP contribution in [0.1, 0.15) is 37.3 Å². The van der Waals surface area contributed by atoms with Crippen LogP contribution in [-0.2, 0) is 11.2 Å².